The van der Waals surface area contributed by atoms with Crippen molar-refractivity contribution in [1.82, 2.24) is 5.32 Å². The second-order valence-electron chi connectivity index (χ2n) is 6.76. The van der Waals surface area contributed by atoms with Gasteiger partial charge in [0.2, 0.25) is 5.91 Å². The average molecular weight is 301 g/mol. The zero-order valence-corrected chi connectivity index (χ0v) is 14.2. The number of carbonyl (C=O) groups is 1. The monoisotopic (exact) mass is 301 g/mol. The third kappa shape index (κ3) is 4.86. The lowest BCUT2D eigenvalue weighted by molar-refractivity contribution is -0.125. The van der Waals surface area contributed by atoms with Crippen molar-refractivity contribution in [3.05, 3.63) is 35.4 Å². The van der Waals surface area contributed by atoms with Gasteiger partial charge >= 0.3 is 0 Å². The van der Waals surface area contributed by atoms with E-state index >= 15 is 0 Å². The maximum Gasteiger partial charge on any atom is 0.223 e. The molecule has 1 amide bonds. The number of aryl methyl sites for hydroxylation is 1. The Hall–Kier alpha value is -1.31. The van der Waals surface area contributed by atoms with E-state index in [9.17, 15) is 4.79 Å². The number of fused-ring (bicyclic) bond motifs is 1. The molecule has 1 N–H and O–H groups in total. The van der Waals surface area contributed by atoms with E-state index in [0.29, 0.717) is 0 Å². The van der Waals surface area contributed by atoms with Gasteiger partial charge < -0.3 is 5.32 Å². The molecular formula is C20H31NO. The number of amides is 1. The zero-order chi connectivity index (χ0) is 15.8. The standard InChI is InChI=1S/C20H31NO/c1-3-4-5-6-7-11-16(2)20(22)21-19-15-10-13-17-12-8-9-14-18(17)19/h8-9,12,14,16,19H,3-7,10-11,13,15H2,1-2H3,(H,21,22). The van der Waals surface area contributed by atoms with Crippen LogP contribution in [0, 0.1) is 5.92 Å². The molecule has 0 radical (unpaired) electrons. The lowest BCUT2D eigenvalue weighted by Gasteiger charge is -2.27. The molecule has 22 heavy (non-hydrogen) atoms. The maximum absolute atomic E-state index is 12.4. The van der Waals surface area contributed by atoms with Gasteiger partial charge in [-0.15, -0.1) is 0 Å². The lowest BCUT2D eigenvalue weighted by atomic mass is 9.87. The first kappa shape index (κ1) is 17.1. The van der Waals surface area contributed by atoms with Gasteiger partial charge in [0.25, 0.3) is 0 Å². The SMILES string of the molecule is CCCCCCCC(C)C(=O)NC1CCCc2ccccc21. The smallest absolute Gasteiger partial charge is 0.223 e. The summed E-state index contributed by atoms with van der Waals surface area (Å²) in [7, 11) is 0. The number of carbonyl (C=O) groups excluding carboxylic acids is 1. The molecule has 1 aliphatic rings. The van der Waals surface area contributed by atoms with Gasteiger partial charge in [-0.3, -0.25) is 4.79 Å². The Morgan fingerprint density at radius 1 is 1.23 bits per heavy atom. The molecule has 0 spiro atoms. The summed E-state index contributed by atoms with van der Waals surface area (Å²) in [6.45, 7) is 4.31. The Labute approximate surface area is 135 Å². The molecule has 0 heterocycles. The molecule has 2 nitrogen and oxygen atoms in total. The summed E-state index contributed by atoms with van der Waals surface area (Å²) >= 11 is 0. The van der Waals surface area contributed by atoms with Crippen LogP contribution in [0.25, 0.3) is 0 Å². The zero-order valence-electron chi connectivity index (χ0n) is 14.2. The van der Waals surface area contributed by atoms with Crippen LogP contribution in [0.1, 0.15) is 82.4 Å². The predicted octanol–water partition coefficient (Wildman–Crippen LogP) is 5.18. The van der Waals surface area contributed by atoms with Crippen LogP contribution in [0.4, 0.5) is 0 Å². The number of hydrogen-bond donors (Lipinski definition) is 1. The molecule has 1 aromatic rings. The quantitative estimate of drug-likeness (QED) is 0.659. The van der Waals surface area contributed by atoms with Gasteiger partial charge in [-0.1, -0.05) is 70.2 Å². The first-order valence-electron chi connectivity index (χ1n) is 9.10. The van der Waals surface area contributed by atoms with E-state index in [0.717, 1.165) is 19.3 Å². The van der Waals surface area contributed by atoms with E-state index in [-0.39, 0.29) is 17.9 Å². The van der Waals surface area contributed by atoms with E-state index in [2.05, 4.69) is 43.4 Å². The molecule has 2 heteroatoms. The lowest BCUT2D eigenvalue weighted by Crippen LogP contribution is -2.34. The highest BCUT2D eigenvalue weighted by atomic mass is 16.1. The number of rotatable bonds is 8. The van der Waals surface area contributed by atoms with E-state index < -0.39 is 0 Å². The summed E-state index contributed by atoms with van der Waals surface area (Å²) in [6.07, 6.45) is 10.8. The van der Waals surface area contributed by atoms with Crippen LogP contribution in [0.2, 0.25) is 0 Å². The summed E-state index contributed by atoms with van der Waals surface area (Å²) in [5.74, 6) is 0.368. The van der Waals surface area contributed by atoms with Crippen molar-refractivity contribution in [2.24, 2.45) is 5.92 Å². The average Bonchev–Trinajstić information content (AvgIpc) is 2.54. The third-order valence-corrected chi connectivity index (χ3v) is 4.87. The van der Waals surface area contributed by atoms with Gasteiger partial charge in [0.1, 0.15) is 0 Å². The highest BCUT2D eigenvalue weighted by Gasteiger charge is 2.23. The predicted molar refractivity (Wildman–Crippen MR) is 92.8 cm³/mol. The van der Waals surface area contributed by atoms with E-state index in [1.165, 1.54) is 49.7 Å². The fourth-order valence-corrected chi connectivity index (χ4v) is 3.40. The Morgan fingerprint density at radius 2 is 2.00 bits per heavy atom. The van der Waals surface area contributed by atoms with Crippen LogP contribution in [0.15, 0.2) is 24.3 Å². The van der Waals surface area contributed by atoms with Crippen LogP contribution in [-0.4, -0.2) is 5.91 Å². The first-order valence-corrected chi connectivity index (χ1v) is 9.10. The molecule has 0 saturated heterocycles. The van der Waals surface area contributed by atoms with Crippen molar-refractivity contribution < 1.29 is 4.79 Å². The highest BCUT2D eigenvalue weighted by molar-refractivity contribution is 5.78. The minimum Gasteiger partial charge on any atom is -0.349 e. The van der Waals surface area contributed by atoms with Gasteiger partial charge in [0.15, 0.2) is 0 Å². The molecule has 1 aliphatic carbocycles. The molecule has 1 aromatic carbocycles. The maximum atomic E-state index is 12.4. The summed E-state index contributed by atoms with van der Waals surface area (Å²) in [4.78, 5) is 12.4. The Kier molecular flexibility index (Phi) is 6.95. The van der Waals surface area contributed by atoms with E-state index in [1.54, 1.807) is 0 Å². The Bertz CT molecular complexity index is 469. The highest BCUT2D eigenvalue weighted by Crippen LogP contribution is 2.29. The molecule has 0 saturated carbocycles. The van der Waals surface area contributed by atoms with Gasteiger partial charge in [-0.05, 0) is 36.8 Å². The molecule has 2 atom stereocenters. The molecule has 0 aliphatic heterocycles. The summed E-state index contributed by atoms with van der Waals surface area (Å²) in [5, 5.41) is 3.29. The molecule has 122 valence electrons. The molecule has 0 aromatic heterocycles. The van der Waals surface area contributed by atoms with Crippen molar-refractivity contribution in [1.29, 1.82) is 0 Å². The van der Waals surface area contributed by atoms with E-state index in [4.69, 9.17) is 0 Å². The minimum atomic E-state index is 0.135. The first-order chi connectivity index (χ1) is 10.7. The van der Waals surface area contributed by atoms with Crippen LogP contribution in [-0.2, 0) is 11.2 Å². The molecule has 2 rings (SSSR count). The fourth-order valence-electron chi connectivity index (χ4n) is 3.40. The van der Waals surface area contributed by atoms with Gasteiger partial charge in [-0.25, -0.2) is 0 Å². The number of unbranched alkanes of at least 4 members (excludes halogenated alkanes) is 4. The van der Waals surface area contributed by atoms with Crippen molar-refractivity contribution in [3.63, 3.8) is 0 Å². The second kappa shape index (κ2) is 8.97. The van der Waals surface area contributed by atoms with Crippen molar-refractivity contribution in [3.8, 4) is 0 Å². The number of benzene rings is 1. The second-order valence-corrected chi connectivity index (χ2v) is 6.76. The van der Waals surface area contributed by atoms with Crippen LogP contribution in [0.3, 0.4) is 0 Å². The molecule has 0 fully saturated rings. The Morgan fingerprint density at radius 3 is 2.82 bits per heavy atom. The fraction of sp³-hybridized carbons (Fsp3) is 0.650. The Balaban J connectivity index is 1.79. The summed E-state index contributed by atoms with van der Waals surface area (Å²) in [6, 6.07) is 8.78. The minimum absolute atomic E-state index is 0.135. The van der Waals surface area contributed by atoms with Crippen molar-refractivity contribution in [2.45, 2.75) is 77.7 Å². The molecule has 0 bridgehead atoms. The van der Waals surface area contributed by atoms with Gasteiger partial charge in [0.05, 0.1) is 6.04 Å². The topological polar surface area (TPSA) is 29.1 Å². The number of hydrogen-bond acceptors (Lipinski definition) is 1. The van der Waals surface area contributed by atoms with Crippen molar-refractivity contribution >= 4 is 5.91 Å². The molecule has 2 unspecified atom stereocenters. The van der Waals surface area contributed by atoms with E-state index in [1.807, 2.05) is 0 Å². The van der Waals surface area contributed by atoms with Crippen LogP contribution < -0.4 is 5.32 Å². The largest absolute Gasteiger partial charge is 0.349 e. The van der Waals surface area contributed by atoms with Gasteiger partial charge in [0, 0.05) is 5.92 Å². The number of nitrogens with one attached hydrogen (secondary N) is 1. The van der Waals surface area contributed by atoms with Crippen LogP contribution in [0.5, 0.6) is 0 Å². The van der Waals surface area contributed by atoms with Gasteiger partial charge in [-0.2, -0.15) is 0 Å². The van der Waals surface area contributed by atoms with Crippen LogP contribution >= 0.6 is 0 Å². The normalized spacial score (nSPS) is 18.5. The summed E-state index contributed by atoms with van der Waals surface area (Å²) in [5.41, 5.74) is 2.74. The molecular weight excluding hydrogens is 270 g/mol. The summed E-state index contributed by atoms with van der Waals surface area (Å²) < 4.78 is 0. The van der Waals surface area contributed by atoms with Crippen molar-refractivity contribution in [2.75, 3.05) is 0 Å². The third-order valence-electron chi connectivity index (χ3n) is 4.87.